The molecular weight excluding hydrogens is 252 g/mol. The molecule has 5 nitrogen and oxygen atoms in total. The van der Waals surface area contributed by atoms with Gasteiger partial charge in [0.2, 0.25) is 5.88 Å². The minimum absolute atomic E-state index is 0.620. The second kappa shape index (κ2) is 6.52. The Morgan fingerprint density at radius 3 is 2.85 bits per heavy atom. The van der Waals surface area contributed by atoms with Crippen molar-refractivity contribution in [3.05, 3.63) is 35.8 Å². The summed E-state index contributed by atoms with van der Waals surface area (Å²) < 4.78 is 7.69. The molecule has 0 saturated carbocycles. The second-order valence-corrected chi connectivity index (χ2v) is 5.31. The highest BCUT2D eigenvalue weighted by atomic mass is 16.5. The molecule has 108 valence electrons. The second-order valence-electron chi connectivity index (χ2n) is 5.31. The van der Waals surface area contributed by atoms with Crippen molar-refractivity contribution in [1.82, 2.24) is 20.1 Å². The molecule has 0 aromatic carbocycles. The van der Waals surface area contributed by atoms with Crippen LogP contribution in [0.2, 0.25) is 0 Å². The zero-order chi connectivity index (χ0) is 14.5. The van der Waals surface area contributed by atoms with Gasteiger partial charge in [0.05, 0.1) is 17.5 Å². The average molecular weight is 274 g/mol. The Bertz CT molecular complexity index is 549. The summed E-state index contributed by atoms with van der Waals surface area (Å²) in [6.45, 7) is 8.11. The topological polar surface area (TPSA) is 52.0 Å². The van der Waals surface area contributed by atoms with Gasteiger partial charge in [-0.2, -0.15) is 5.10 Å². The normalized spacial score (nSPS) is 11.1. The molecule has 0 bridgehead atoms. The number of hydrogen-bond donors (Lipinski definition) is 1. The number of rotatable bonds is 6. The molecule has 0 radical (unpaired) electrons. The molecule has 1 N–H and O–H groups in total. The minimum Gasteiger partial charge on any atom is -0.437 e. The van der Waals surface area contributed by atoms with Gasteiger partial charge < -0.3 is 10.1 Å². The van der Waals surface area contributed by atoms with Crippen molar-refractivity contribution >= 4 is 0 Å². The molecule has 0 fully saturated rings. The zero-order valence-corrected chi connectivity index (χ0v) is 12.6. The van der Waals surface area contributed by atoms with E-state index in [9.17, 15) is 0 Å². The number of nitrogens with one attached hydrogen (secondary N) is 1. The van der Waals surface area contributed by atoms with E-state index in [4.69, 9.17) is 4.74 Å². The molecule has 2 rings (SSSR count). The molecule has 0 spiro atoms. The van der Waals surface area contributed by atoms with E-state index in [-0.39, 0.29) is 0 Å². The SMILES string of the molecule is Cc1nn(C)c(Oc2cccnc2)c1CNCC(C)C. The number of ether oxygens (including phenoxy) is 1. The molecule has 20 heavy (non-hydrogen) atoms. The summed E-state index contributed by atoms with van der Waals surface area (Å²) in [4.78, 5) is 4.06. The van der Waals surface area contributed by atoms with E-state index in [1.165, 1.54) is 0 Å². The van der Waals surface area contributed by atoms with Crippen molar-refractivity contribution in [3.63, 3.8) is 0 Å². The van der Waals surface area contributed by atoms with Crippen LogP contribution in [-0.2, 0) is 13.6 Å². The summed E-state index contributed by atoms with van der Waals surface area (Å²) >= 11 is 0. The summed E-state index contributed by atoms with van der Waals surface area (Å²) in [5.74, 6) is 2.11. The molecule has 0 amide bonds. The molecule has 2 heterocycles. The van der Waals surface area contributed by atoms with E-state index < -0.39 is 0 Å². The van der Waals surface area contributed by atoms with Gasteiger partial charge >= 0.3 is 0 Å². The maximum absolute atomic E-state index is 5.92. The van der Waals surface area contributed by atoms with Crippen LogP contribution in [0.4, 0.5) is 0 Å². The molecule has 2 aromatic heterocycles. The van der Waals surface area contributed by atoms with Crippen LogP contribution >= 0.6 is 0 Å². The highest BCUT2D eigenvalue weighted by molar-refractivity contribution is 5.34. The van der Waals surface area contributed by atoms with Crippen LogP contribution in [0.25, 0.3) is 0 Å². The molecule has 0 atom stereocenters. The number of pyridine rings is 1. The van der Waals surface area contributed by atoms with Crippen LogP contribution in [-0.4, -0.2) is 21.3 Å². The Hall–Kier alpha value is -1.88. The minimum atomic E-state index is 0.620. The first-order valence-electron chi connectivity index (χ1n) is 6.89. The Kier molecular flexibility index (Phi) is 4.74. The van der Waals surface area contributed by atoms with Gasteiger partial charge in [0.1, 0.15) is 5.75 Å². The standard InChI is InChI=1S/C15H22N4O/c1-11(2)8-17-10-14-12(3)18-19(4)15(14)20-13-6-5-7-16-9-13/h5-7,9,11,17H,8,10H2,1-4H3. The molecule has 0 saturated heterocycles. The fourth-order valence-electron chi connectivity index (χ4n) is 2.02. The van der Waals surface area contributed by atoms with Crippen molar-refractivity contribution in [1.29, 1.82) is 0 Å². The lowest BCUT2D eigenvalue weighted by Crippen LogP contribution is -2.19. The van der Waals surface area contributed by atoms with E-state index in [1.807, 2.05) is 26.1 Å². The van der Waals surface area contributed by atoms with Gasteiger partial charge in [-0.3, -0.25) is 4.98 Å². The van der Waals surface area contributed by atoms with Crippen molar-refractivity contribution in [2.45, 2.75) is 27.3 Å². The highest BCUT2D eigenvalue weighted by Crippen LogP contribution is 2.26. The largest absolute Gasteiger partial charge is 0.437 e. The molecule has 0 aliphatic heterocycles. The van der Waals surface area contributed by atoms with Crippen LogP contribution in [0.5, 0.6) is 11.6 Å². The zero-order valence-electron chi connectivity index (χ0n) is 12.6. The van der Waals surface area contributed by atoms with Gasteiger partial charge in [0, 0.05) is 19.8 Å². The average Bonchev–Trinajstić information content (AvgIpc) is 2.66. The Morgan fingerprint density at radius 2 is 2.20 bits per heavy atom. The Balaban J connectivity index is 2.15. The quantitative estimate of drug-likeness (QED) is 0.880. The summed E-state index contributed by atoms with van der Waals surface area (Å²) in [5, 5.41) is 7.87. The van der Waals surface area contributed by atoms with Crippen molar-refractivity contribution in [2.24, 2.45) is 13.0 Å². The Labute approximate surface area is 120 Å². The lowest BCUT2D eigenvalue weighted by Gasteiger charge is -2.10. The summed E-state index contributed by atoms with van der Waals surface area (Å²) in [5.41, 5.74) is 2.08. The first-order chi connectivity index (χ1) is 9.58. The molecule has 2 aromatic rings. The van der Waals surface area contributed by atoms with E-state index in [0.29, 0.717) is 5.92 Å². The number of aryl methyl sites for hydroxylation is 2. The molecule has 0 aliphatic rings. The summed E-state index contributed by atoms with van der Waals surface area (Å²) in [7, 11) is 1.89. The molecule has 5 heteroatoms. The van der Waals surface area contributed by atoms with Crippen molar-refractivity contribution in [2.75, 3.05) is 6.54 Å². The van der Waals surface area contributed by atoms with Gasteiger partial charge in [-0.05, 0) is 31.5 Å². The van der Waals surface area contributed by atoms with E-state index in [0.717, 1.165) is 36.0 Å². The van der Waals surface area contributed by atoms with Gasteiger partial charge in [-0.15, -0.1) is 0 Å². The number of hydrogen-bond acceptors (Lipinski definition) is 4. The van der Waals surface area contributed by atoms with Crippen LogP contribution < -0.4 is 10.1 Å². The summed E-state index contributed by atoms with van der Waals surface area (Å²) in [6.07, 6.45) is 3.43. The third kappa shape index (κ3) is 3.57. The van der Waals surface area contributed by atoms with Gasteiger partial charge in [-0.1, -0.05) is 13.8 Å². The van der Waals surface area contributed by atoms with Crippen molar-refractivity contribution in [3.8, 4) is 11.6 Å². The first kappa shape index (κ1) is 14.5. The van der Waals surface area contributed by atoms with Gasteiger partial charge in [-0.25, -0.2) is 4.68 Å². The number of aromatic nitrogens is 3. The van der Waals surface area contributed by atoms with E-state index >= 15 is 0 Å². The third-order valence-electron chi connectivity index (χ3n) is 2.99. The summed E-state index contributed by atoms with van der Waals surface area (Å²) in [6, 6.07) is 3.75. The van der Waals surface area contributed by atoms with Crippen LogP contribution in [0.15, 0.2) is 24.5 Å². The van der Waals surface area contributed by atoms with Crippen LogP contribution in [0.3, 0.4) is 0 Å². The van der Waals surface area contributed by atoms with Crippen LogP contribution in [0.1, 0.15) is 25.1 Å². The van der Waals surface area contributed by atoms with E-state index in [2.05, 4.69) is 29.2 Å². The predicted molar refractivity (Wildman–Crippen MR) is 78.8 cm³/mol. The lowest BCUT2D eigenvalue weighted by molar-refractivity contribution is 0.421. The van der Waals surface area contributed by atoms with Crippen molar-refractivity contribution < 1.29 is 4.74 Å². The molecule has 0 unspecified atom stereocenters. The van der Waals surface area contributed by atoms with Gasteiger partial charge in [0.15, 0.2) is 0 Å². The van der Waals surface area contributed by atoms with E-state index in [1.54, 1.807) is 17.1 Å². The monoisotopic (exact) mass is 274 g/mol. The fraction of sp³-hybridized carbons (Fsp3) is 0.467. The maximum atomic E-state index is 5.92. The fourth-order valence-corrected chi connectivity index (χ4v) is 2.02. The lowest BCUT2D eigenvalue weighted by atomic mass is 10.2. The first-order valence-corrected chi connectivity index (χ1v) is 6.89. The molecular formula is C15H22N4O. The van der Waals surface area contributed by atoms with Crippen LogP contribution in [0, 0.1) is 12.8 Å². The smallest absolute Gasteiger partial charge is 0.222 e. The third-order valence-corrected chi connectivity index (χ3v) is 2.99. The maximum Gasteiger partial charge on any atom is 0.222 e. The predicted octanol–water partition coefficient (Wildman–Crippen LogP) is 2.66. The number of nitrogens with zero attached hydrogens (tertiary/aromatic N) is 3. The van der Waals surface area contributed by atoms with Gasteiger partial charge in [0.25, 0.3) is 0 Å². The molecule has 0 aliphatic carbocycles. The highest BCUT2D eigenvalue weighted by Gasteiger charge is 2.15. The Morgan fingerprint density at radius 1 is 1.40 bits per heavy atom.